The third kappa shape index (κ3) is 5.89. The van der Waals surface area contributed by atoms with Gasteiger partial charge in [0.15, 0.2) is 17.5 Å². The summed E-state index contributed by atoms with van der Waals surface area (Å²) >= 11 is 0. The van der Waals surface area contributed by atoms with Crippen molar-refractivity contribution in [2.75, 3.05) is 6.61 Å². The molecule has 0 bridgehead atoms. The van der Waals surface area contributed by atoms with Crippen LogP contribution in [0.4, 0.5) is 0 Å². The van der Waals surface area contributed by atoms with Gasteiger partial charge in [-0.3, -0.25) is 0 Å². The average Bonchev–Trinajstić information content (AvgIpc) is 3.58. The van der Waals surface area contributed by atoms with E-state index in [0.29, 0.717) is 24.1 Å². The molecule has 0 radical (unpaired) electrons. The number of ether oxygens (including phenoxy) is 2. The van der Waals surface area contributed by atoms with Gasteiger partial charge in [0.1, 0.15) is 11.5 Å². The maximum Gasteiger partial charge on any atom is 0.212 e. The highest BCUT2D eigenvalue weighted by atomic mass is 16.5. The molecule has 0 amide bonds. The Hall–Kier alpha value is -6.07. The van der Waals surface area contributed by atoms with Crippen molar-refractivity contribution in [1.29, 1.82) is 0 Å². The van der Waals surface area contributed by atoms with Crippen molar-refractivity contribution < 1.29 is 9.47 Å². The van der Waals surface area contributed by atoms with Gasteiger partial charge in [-0.2, -0.15) is 0 Å². The number of aromatic nitrogens is 3. The minimum Gasteiger partial charge on any atom is -0.494 e. The molecule has 1 aliphatic carbocycles. The van der Waals surface area contributed by atoms with Crippen LogP contribution < -0.4 is 9.47 Å². The molecule has 0 saturated heterocycles. The number of unbranched alkanes of at least 4 members (excludes halogenated alkanes) is 3. The zero-order chi connectivity index (χ0) is 38.1. The van der Waals surface area contributed by atoms with Gasteiger partial charge in [-0.25, -0.2) is 15.0 Å². The molecule has 278 valence electrons. The van der Waals surface area contributed by atoms with Gasteiger partial charge >= 0.3 is 0 Å². The molecule has 1 atom stereocenters. The number of hydrogen-bond donors (Lipinski definition) is 0. The summed E-state index contributed by atoms with van der Waals surface area (Å²) in [5, 5.41) is 2.26. The molecule has 5 nitrogen and oxygen atoms in total. The third-order valence-electron chi connectivity index (χ3n) is 11.9. The number of rotatable bonds is 12. The van der Waals surface area contributed by atoms with Gasteiger partial charge in [0.05, 0.1) is 6.61 Å². The van der Waals surface area contributed by atoms with Gasteiger partial charge in [-0.15, -0.1) is 0 Å². The van der Waals surface area contributed by atoms with Crippen LogP contribution in [0.15, 0.2) is 140 Å². The lowest BCUT2D eigenvalue weighted by atomic mass is 9.71. The van der Waals surface area contributed by atoms with E-state index in [-0.39, 0.29) is 5.41 Å². The summed E-state index contributed by atoms with van der Waals surface area (Å²) in [6.45, 7) is 7.57. The Kier molecular flexibility index (Phi) is 9.46. The molecule has 7 aromatic rings. The van der Waals surface area contributed by atoms with Crippen LogP contribution in [0, 0.1) is 0 Å². The van der Waals surface area contributed by atoms with Crippen molar-refractivity contribution in [2.45, 2.75) is 70.3 Å². The van der Waals surface area contributed by atoms with E-state index >= 15 is 0 Å². The van der Waals surface area contributed by atoms with Crippen molar-refractivity contribution in [3.8, 4) is 45.4 Å². The number of benzene rings is 6. The maximum absolute atomic E-state index is 7.68. The standard InChI is InChI=1S/C51H47N3O2/c1-4-7-8-19-34-55-38-30-28-37(29-31-38)51(49-53-47(35-20-11-9-12-21-35)52-48(54-49)36-22-13-10-14-23-36)33-32-42-45-44(39-24-15-16-25-40(39)46(42)56-51)41-26-17-18-27-43(41)50(45,5-2)6-3/h9-18,20-33H,4-8,19,34H2,1-3H3. The second-order valence-corrected chi connectivity index (χ2v) is 15.0. The molecule has 0 N–H and O–H groups in total. The SMILES string of the molecule is CCCCCCOc1ccc(C2(c3nc(-c4ccccc4)nc(-c4ccccc4)n3)C=Cc3c4c(c5ccccc5c3O2)-c2ccccc2C4(CC)CC)cc1. The van der Waals surface area contributed by atoms with Crippen LogP contribution in [0.25, 0.3) is 50.8 Å². The van der Waals surface area contributed by atoms with E-state index in [1.165, 1.54) is 46.9 Å². The molecule has 1 aliphatic heterocycles. The zero-order valence-corrected chi connectivity index (χ0v) is 32.5. The average molecular weight is 734 g/mol. The Bertz CT molecular complexity index is 2480. The zero-order valence-electron chi connectivity index (χ0n) is 32.5. The first-order valence-corrected chi connectivity index (χ1v) is 20.3. The first-order chi connectivity index (χ1) is 27.6. The summed E-state index contributed by atoms with van der Waals surface area (Å²) in [6.07, 6.45) is 11.1. The van der Waals surface area contributed by atoms with Gasteiger partial charge in [0, 0.05) is 33.1 Å². The van der Waals surface area contributed by atoms with Gasteiger partial charge in [0.2, 0.25) is 5.60 Å². The van der Waals surface area contributed by atoms with E-state index in [9.17, 15) is 0 Å². The highest BCUT2D eigenvalue weighted by molar-refractivity contribution is 6.08. The van der Waals surface area contributed by atoms with Gasteiger partial charge in [-0.1, -0.05) is 167 Å². The van der Waals surface area contributed by atoms with Crippen LogP contribution in [0.3, 0.4) is 0 Å². The first-order valence-electron chi connectivity index (χ1n) is 20.3. The van der Waals surface area contributed by atoms with Crippen LogP contribution in [0.5, 0.6) is 11.5 Å². The van der Waals surface area contributed by atoms with Crippen LogP contribution in [-0.4, -0.2) is 21.6 Å². The second kappa shape index (κ2) is 14.9. The summed E-state index contributed by atoms with van der Waals surface area (Å²) in [6, 6.07) is 46.3. The van der Waals surface area contributed by atoms with E-state index in [1.807, 2.05) is 60.7 Å². The fourth-order valence-electron chi connectivity index (χ4n) is 9.00. The molecular weight excluding hydrogens is 687 g/mol. The minimum atomic E-state index is -1.19. The monoisotopic (exact) mass is 733 g/mol. The topological polar surface area (TPSA) is 57.1 Å². The van der Waals surface area contributed by atoms with Gasteiger partial charge in [0.25, 0.3) is 0 Å². The number of fused-ring (bicyclic) bond motifs is 8. The van der Waals surface area contributed by atoms with Crippen LogP contribution in [-0.2, 0) is 11.0 Å². The van der Waals surface area contributed by atoms with E-state index < -0.39 is 5.60 Å². The molecule has 6 aromatic carbocycles. The summed E-state index contributed by atoms with van der Waals surface area (Å²) in [4.78, 5) is 15.6. The van der Waals surface area contributed by atoms with Crippen LogP contribution in [0.1, 0.15) is 87.4 Å². The van der Waals surface area contributed by atoms with E-state index in [2.05, 4.69) is 106 Å². The fraction of sp³-hybridized carbons (Fsp3) is 0.235. The molecular formula is C51H47N3O2. The Morgan fingerprint density at radius 2 is 1.23 bits per heavy atom. The Balaban J connectivity index is 1.28. The normalized spacial score (nSPS) is 16.2. The molecule has 2 aliphatic rings. The minimum absolute atomic E-state index is 0.155. The Morgan fingerprint density at radius 3 is 1.89 bits per heavy atom. The molecule has 5 heteroatoms. The quantitative estimate of drug-likeness (QED) is 0.117. The predicted octanol–water partition coefficient (Wildman–Crippen LogP) is 12.8. The number of nitrogens with zero attached hydrogens (tertiary/aromatic N) is 3. The van der Waals surface area contributed by atoms with Gasteiger partial charge in [-0.05, 0) is 65.1 Å². The lowest BCUT2D eigenvalue weighted by Gasteiger charge is -2.38. The van der Waals surface area contributed by atoms with Crippen molar-refractivity contribution in [2.24, 2.45) is 0 Å². The highest BCUT2D eigenvalue weighted by Gasteiger charge is 2.47. The lowest BCUT2D eigenvalue weighted by molar-refractivity contribution is 0.152. The first kappa shape index (κ1) is 35.6. The second-order valence-electron chi connectivity index (χ2n) is 15.0. The molecule has 56 heavy (non-hydrogen) atoms. The molecule has 0 saturated carbocycles. The van der Waals surface area contributed by atoms with Crippen molar-refractivity contribution in [3.05, 3.63) is 168 Å². The Morgan fingerprint density at radius 1 is 0.607 bits per heavy atom. The predicted molar refractivity (Wildman–Crippen MR) is 228 cm³/mol. The van der Waals surface area contributed by atoms with Crippen LogP contribution in [0.2, 0.25) is 0 Å². The molecule has 1 aromatic heterocycles. The van der Waals surface area contributed by atoms with Crippen molar-refractivity contribution in [3.63, 3.8) is 0 Å². The van der Waals surface area contributed by atoms with Crippen LogP contribution >= 0.6 is 0 Å². The largest absolute Gasteiger partial charge is 0.494 e. The summed E-state index contributed by atoms with van der Waals surface area (Å²) in [7, 11) is 0. The molecule has 1 unspecified atom stereocenters. The third-order valence-corrected chi connectivity index (χ3v) is 11.9. The lowest BCUT2D eigenvalue weighted by Crippen LogP contribution is -2.37. The Labute approximate surface area is 330 Å². The van der Waals surface area contributed by atoms with E-state index in [0.717, 1.165) is 58.4 Å². The summed E-state index contributed by atoms with van der Waals surface area (Å²) in [5.74, 6) is 3.39. The highest BCUT2D eigenvalue weighted by Crippen LogP contribution is 2.60. The van der Waals surface area contributed by atoms with E-state index in [4.69, 9.17) is 24.4 Å². The molecule has 9 rings (SSSR count). The fourth-order valence-corrected chi connectivity index (χ4v) is 9.00. The molecule has 2 heterocycles. The van der Waals surface area contributed by atoms with Crippen molar-refractivity contribution >= 4 is 16.8 Å². The molecule has 0 spiro atoms. The smallest absolute Gasteiger partial charge is 0.212 e. The van der Waals surface area contributed by atoms with Gasteiger partial charge < -0.3 is 9.47 Å². The number of hydrogen-bond acceptors (Lipinski definition) is 5. The maximum atomic E-state index is 7.68. The summed E-state index contributed by atoms with van der Waals surface area (Å²) in [5.41, 5.74) is 7.89. The van der Waals surface area contributed by atoms with E-state index in [1.54, 1.807) is 0 Å². The summed E-state index contributed by atoms with van der Waals surface area (Å²) < 4.78 is 13.9. The van der Waals surface area contributed by atoms with Crippen molar-refractivity contribution in [1.82, 2.24) is 15.0 Å². The molecule has 0 fully saturated rings.